The van der Waals surface area contributed by atoms with Gasteiger partial charge in [0.25, 0.3) is 0 Å². The minimum atomic E-state index is -1.06. The largest absolute Gasteiger partial charge is 0.544 e. The van der Waals surface area contributed by atoms with Gasteiger partial charge >= 0.3 is 0 Å². The number of quaternary nitrogens is 1. The molecule has 0 saturated carbocycles. The Morgan fingerprint density at radius 1 is 1.42 bits per heavy atom. The molecule has 0 fully saturated rings. The number of carbonyl (C=O) groups is 1. The maximum absolute atomic E-state index is 10.7. The zero-order valence-corrected chi connectivity index (χ0v) is 10.8. The second-order valence-corrected chi connectivity index (χ2v) is 4.41. The first-order chi connectivity index (χ1) is 9.19. The molecule has 1 unspecified atom stereocenters. The van der Waals surface area contributed by atoms with Gasteiger partial charge < -0.3 is 29.0 Å². The molecular weight excluding hydrogens is 250 g/mol. The fourth-order valence-corrected chi connectivity index (χ4v) is 2.03. The fraction of sp³-hybridized carbons (Fsp3) is 0.462. The van der Waals surface area contributed by atoms with Crippen molar-refractivity contribution in [2.45, 2.75) is 6.54 Å². The zero-order valence-electron chi connectivity index (χ0n) is 10.8. The molecule has 19 heavy (non-hydrogen) atoms. The minimum absolute atomic E-state index is 0.0438. The number of carbonyl (C=O) groups excluding carboxylic acids is 1. The highest BCUT2D eigenvalue weighted by molar-refractivity contribution is 5.65. The van der Waals surface area contributed by atoms with Crippen LogP contribution in [-0.2, 0) is 16.1 Å². The van der Waals surface area contributed by atoms with Gasteiger partial charge in [0.15, 0.2) is 11.5 Å². The Balaban J connectivity index is 2.01. The average Bonchev–Trinajstić information content (AvgIpc) is 2.82. The zero-order chi connectivity index (χ0) is 13.7. The Morgan fingerprint density at radius 3 is 2.95 bits per heavy atom. The molecule has 1 aliphatic heterocycles. The molecule has 1 heterocycles. The van der Waals surface area contributed by atoms with Crippen molar-refractivity contribution in [3.8, 4) is 11.5 Å². The normalized spacial score (nSPS) is 14.4. The van der Waals surface area contributed by atoms with Crippen molar-refractivity contribution in [2.75, 3.05) is 33.6 Å². The van der Waals surface area contributed by atoms with Crippen LogP contribution in [0.4, 0.5) is 0 Å². The van der Waals surface area contributed by atoms with E-state index in [1.54, 1.807) is 7.11 Å². The summed E-state index contributed by atoms with van der Waals surface area (Å²) < 4.78 is 15.5. The third kappa shape index (κ3) is 3.84. The smallest absolute Gasteiger partial charge is 0.231 e. The van der Waals surface area contributed by atoms with Crippen LogP contribution in [0.3, 0.4) is 0 Å². The molecule has 1 aromatic carbocycles. The SMILES string of the molecule is COCC[NH+](CC(=O)[O-])Cc1ccc2c(c1)OCO2. The molecule has 0 aromatic heterocycles. The summed E-state index contributed by atoms with van der Waals surface area (Å²) in [6.07, 6.45) is 0. The first-order valence-corrected chi connectivity index (χ1v) is 6.10. The summed E-state index contributed by atoms with van der Waals surface area (Å²) >= 11 is 0. The van der Waals surface area contributed by atoms with E-state index in [1.165, 1.54) is 0 Å². The molecule has 6 heteroatoms. The lowest BCUT2D eigenvalue weighted by Gasteiger charge is -2.19. The molecule has 6 nitrogen and oxygen atoms in total. The predicted molar refractivity (Wildman–Crippen MR) is 63.8 cm³/mol. The van der Waals surface area contributed by atoms with E-state index in [4.69, 9.17) is 14.2 Å². The van der Waals surface area contributed by atoms with Gasteiger partial charge in [-0.3, -0.25) is 0 Å². The quantitative estimate of drug-likeness (QED) is 0.631. The van der Waals surface area contributed by atoms with Gasteiger partial charge in [-0.15, -0.1) is 0 Å². The first-order valence-electron chi connectivity index (χ1n) is 6.10. The van der Waals surface area contributed by atoms with Crippen molar-refractivity contribution in [1.82, 2.24) is 0 Å². The molecule has 1 N–H and O–H groups in total. The van der Waals surface area contributed by atoms with Crippen molar-refractivity contribution < 1.29 is 29.0 Å². The van der Waals surface area contributed by atoms with Crippen LogP contribution >= 0.6 is 0 Å². The summed E-state index contributed by atoms with van der Waals surface area (Å²) in [5, 5.41) is 10.7. The predicted octanol–water partition coefficient (Wildman–Crippen LogP) is -1.80. The summed E-state index contributed by atoms with van der Waals surface area (Å²) in [6.45, 7) is 1.88. The number of carboxylic acid groups (broad SMARTS) is 1. The summed E-state index contributed by atoms with van der Waals surface area (Å²) in [5.41, 5.74) is 0.997. The fourth-order valence-electron chi connectivity index (χ4n) is 2.03. The molecule has 1 atom stereocenters. The number of hydrogen-bond acceptors (Lipinski definition) is 5. The van der Waals surface area contributed by atoms with Crippen LogP contribution < -0.4 is 19.5 Å². The molecular formula is C13H17NO5. The van der Waals surface area contributed by atoms with Gasteiger partial charge in [-0.2, -0.15) is 0 Å². The van der Waals surface area contributed by atoms with Crippen LogP contribution in [0.25, 0.3) is 0 Å². The van der Waals surface area contributed by atoms with Gasteiger partial charge in [-0.25, -0.2) is 0 Å². The first kappa shape index (κ1) is 13.6. The molecule has 0 saturated heterocycles. The van der Waals surface area contributed by atoms with Crippen LogP contribution in [0.5, 0.6) is 11.5 Å². The van der Waals surface area contributed by atoms with Gasteiger partial charge in [0, 0.05) is 12.7 Å². The Labute approximate surface area is 111 Å². The number of benzene rings is 1. The van der Waals surface area contributed by atoms with E-state index in [2.05, 4.69) is 0 Å². The number of ether oxygens (including phenoxy) is 3. The molecule has 0 bridgehead atoms. The van der Waals surface area contributed by atoms with E-state index in [1.807, 2.05) is 18.2 Å². The summed E-state index contributed by atoms with van der Waals surface area (Å²) in [5.74, 6) is 0.367. The second-order valence-electron chi connectivity index (χ2n) is 4.41. The number of rotatable bonds is 7. The van der Waals surface area contributed by atoms with Crippen molar-refractivity contribution in [3.05, 3.63) is 23.8 Å². The molecule has 2 rings (SSSR count). The molecule has 0 amide bonds. The van der Waals surface area contributed by atoms with Crippen LogP contribution in [-0.4, -0.2) is 39.6 Å². The Bertz CT molecular complexity index is 449. The number of nitrogens with one attached hydrogen (secondary N) is 1. The highest BCUT2D eigenvalue weighted by Crippen LogP contribution is 2.32. The van der Waals surface area contributed by atoms with Gasteiger partial charge in [-0.05, 0) is 18.2 Å². The van der Waals surface area contributed by atoms with E-state index >= 15 is 0 Å². The monoisotopic (exact) mass is 267 g/mol. The lowest BCUT2D eigenvalue weighted by molar-refractivity contribution is -0.908. The lowest BCUT2D eigenvalue weighted by Crippen LogP contribution is -3.12. The van der Waals surface area contributed by atoms with E-state index in [9.17, 15) is 9.90 Å². The van der Waals surface area contributed by atoms with E-state index in [0.717, 1.165) is 16.2 Å². The number of fused-ring (bicyclic) bond motifs is 1. The number of hydrogen-bond donors (Lipinski definition) is 1. The van der Waals surface area contributed by atoms with Gasteiger partial charge in [0.1, 0.15) is 19.6 Å². The van der Waals surface area contributed by atoms with E-state index in [0.29, 0.717) is 25.4 Å². The number of methoxy groups -OCH3 is 1. The van der Waals surface area contributed by atoms with Crippen LogP contribution in [0.15, 0.2) is 18.2 Å². The summed E-state index contributed by atoms with van der Waals surface area (Å²) in [7, 11) is 1.59. The van der Waals surface area contributed by atoms with Gasteiger partial charge in [0.2, 0.25) is 6.79 Å². The molecule has 1 aliphatic rings. The molecule has 1 aromatic rings. The average molecular weight is 267 g/mol. The van der Waals surface area contributed by atoms with E-state index in [-0.39, 0.29) is 13.3 Å². The Morgan fingerprint density at radius 2 is 2.21 bits per heavy atom. The molecule has 0 radical (unpaired) electrons. The summed E-state index contributed by atoms with van der Waals surface area (Å²) in [6, 6.07) is 5.63. The van der Waals surface area contributed by atoms with Gasteiger partial charge in [0.05, 0.1) is 12.6 Å². The number of carboxylic acids is 1. The van der Waals surface area contributed by atoms with Crippen molar-refractivity contribution in [3.63, 3.8) is 0 Å². The van der Waals surface area contributed by atoms with Gasteiger partial charge in [-0.1, -0.05) is 0 Å². The molecule has 104 valence electrons. The maximum atomic E-state index is 10.7. The van der Waals surface area contributed by atoms with Crippen molar-refractivity contribution in [1.29, 1.82) is 0 Å². The van der Waals surface area contributed by atoms with Crippen LogP contribution in [0.2, 0.25) is 0 Å². The Kier molecular flexibility index (Phi) is 4.59. The minimum Gasteiger partial charge on any atom is -0.544 e. The van der Waals surface area contributed by atoms with E-state index < -0.39 is 5.97 Å². The highest BCUT2D eigenvalue weighted by Gasteiger charge is 2.16. The standard InChI is InChI=1S/C13H17NO5/c1-17-5-4-14(8-13(15)16)7-10-2-3-11-12(6-10)19-9-18-11/h2-3,6H,4-5,7-9H2,1H3,(H,15,16). The molecule has 0 aliphatic carbocycles. The summed E-state index contributed by atoms with van der Waals surface area (Å²) in [4.78, 5) is 11.6. The molecule has 0 spiro atoms. The van der Waals surface area contributed by atoms with Crippen LogP contribution in [0.1, 0.15) is 5.56 Å². The van der Waals surface area contributed by atoms with Crippen LogP contribution in [0, 0.1) is 0 Å². The topological polar surface area (TPSA) is 72.3 Å². The highest BCUT2D eigenvalue weighted by atomic mass is 16.7. The number of aliphatic carboxylic acids is 1. The second kappa shape index (κ2) is 6.40. The van der Waals surface area contributed by atoms with Crippen molar-refractivity contribution >= 4 is 5.97 Å². The Hall–Kier alpha value is -1.79. The third-order valence-electron chi connectivity index (χ3n) is 2.95. The third-order valence-corrected chi connectivity index (χ3v) is 2.95. The maximum Gasteiger partial charge on any atom is 0.231 e. The van der Waals surface area contributed by atoms with Crippen molar-refractivity contribution in [2.24, 2.45) is 0 Å². The lowest BCUT2D eigenvalue weighted by atomic mass is 10.2.